The van der Waals surface area contributed by atoms with Gasteiger partial charge in [-0.1, -0.05) is 11.8 Å². The van der Waals surface area contributed by atoms with Crippen LogP contribution in [0.25, 0.3) is 0 Å². The van der Waals surface area contributed by atoms with E-state index in [4.69, 9.17) is 14.6 Å². The molecule has 1 atom stereocenters. The Morgan fingerprint density at radius 2 is 1.94 bits per heavy atom. The maximum absolute atomic E-state index is 12.8. The zero-order valence-corrected chi connectivity index (χ0v) is 17.3. The summed E-state index contributed by atoms with van der Waals surface area (Å²) >= 11 is 1.24. The lowest BCUT2D eigenvalue weighted by Crippen LogP contribution is -2.33. The van der Waals surface area contributed by atoms with Crippen molar-refractivity contribution in [3.8, 4) is 11.5 Å². The van der Waals surface area contributed by atoms with Gasteiger partial charge in [-0.25, -0.2) is 9.79 Å². The minimum absolute atomic E-state index is 0.0269. The number of aromatic carboxylic acids is 1. The number of ether oxygens (including phenoxy) is 2. The number of anilines is 1. The van der Waals surface area contributed by atoms with Gasteiger partial charge in [0.25, 0.3) is 0 Å². The van der Waals surface area contributed by atoms with Gasteiger partial charge in [0.1, 0.15) is 5.25 Å². The van der Waals surface area contributed by atoms with Gasteiger partial charge < -0.3 is 19.9 Å². The van der Waals surface area contributed by atoms with E-state index in [2.05, 4.69) is 10.3 Å². The minimum Gasteiger partial charge on any atom is -0.478 e. The summed E-state index contributed by atoms with van der Waals surface area (Å²) in [6, 6.07) is 11.1. The lowest BCUT2D eigenvalue weighted by atomic mass is 10.2. The molecule has 2 aromatic carbocycles. The first-order valence-electron chi connectivity index (χ1n) is 9.54. The molecule has 9 nitrogen and oxygen atoms in total. The molecule has 2 aliphatic heterocycles. The Labute approximate surface area is 182 Å². The summed E-state index contributed by atoms with van der Waals surface area (Å²) in [6.07, 6.45) is -0.0269. The lowest BCUT2D eigenvalue weighted by molar-refractivity contribution is -0.128. The molecule has 31 heavy (non-hydrogen) atoms. The number of nitrogens with one attached hydrogen (secondary N) is 1. The number of fused-ring (bicyclic) bond motifs is 1. The fourth-order valence-corrected chi connectivity index (χ4v) is 4.38. The highest BCUT2D eigenvalue weighted by Crippen LogP contribution is 2.37. The molecule has 0 aromatic heterocycles. The molecule has 10 heteroatoms. The van der Waals surface area contributed by atoms with E-state index in [1.165, 1.54) is 36.0 Å². The van der Waals surface area contributed by atoms with Gasteiger partial charge in [-0.05, 0) is 43.3 Å². The van der Waals surface area contributed by atoms with E-state index in [1.54, 1.807) is 23.1 Å². The van der Waals surface area contributed by atoms with Crippen LogP contribution in [0, 0.1) is 0 Å². The molecule has 1 fully saturated rings. The molecule has 2 amide bonds. The third kappa shape index (κ3) is 4.48. The summed E-state index contributed by atoms with van der Waals surface area (Å²) in [5.41, 5.74) is 1.22. The number of carbonyl (C=O) groups excluding carboxylic acids is 2. The summed E-state index contributed by atoms with van der Waals surface area (Å²) in [5, 5.41) is 11.6. The third-order valence-electron chi connectivity index (χ3n) is 4.70. The Bertz CT molecular complexity index is 1070. The summed E-state index contributed by atoms with van der Waals surface area (Å²) in [7, 11) is 0. The fraction of sp³-hybridized carbons (Fsp3) is 0.238. The number of amides is 2. The van der Waals surface area contributed by atoms with E-state index in [1.807, 2.05) is 6.92 Å². The number of thioether (sulfide) groups is 1. The van der Waals surface area contributed by atoms with E-state index in [9.17, 15) is 14.4 Å². The zero-order chi connectivity index (χ0) is 22.0. The van der Waals surface area contributed by atoms with Crippen LogP contribution < -0.4 is 14.8 Å². The summed E-state index contributed by atoms with van der Waals surface area (Å²) < 4.78 is 10.7. The molecule has 4 rings (SSSR count). The van der Waals surface area contributed by atoms with Crippen molar-refractivity contribution in [3.63, 3.8) is 0 Å². The second-order valence-corrected chi connectivity index (χ2v) is 7.93. The lowest BCUT2D eigenvalue weighted by Gasteiger charge is -2.13. The van der Waals surface area contributed by atoms with Crippen LogP contribution in [-0.2, 0) is 9.59 Å². The smallest absolute Gasteiger partial charge is 0.335 e. The number of carbonyl (C=O) groups is 3. The molecule has 160 valence electrons. The molecule has 0 bridgehead atoms. The SMILES string of the molecule is CCN1C(=O)[C@H](CC(=O)Nc2ccc(C(=O)O)cc2)SC1=Nc1ccc2c(c1)OCO2. The van der Waals surface area contributed by atoms with Crippen molar-refractivity contribution < 1.29 is 29.0 Å². The van der Waals surface area contributed by atoms with Crippen molar-refractivity contribution in [2.45, 2.75) is 18.6 Å². The maximum atomic E-state index is 12.8. The molecule has 0 radical (unpaired) electrons. The highest BCUT2D eigenvalue weighted by Gasteiger charge is 2.38. The van der Waals surface area contributed by atoms with E-state index in [0.29, 0.717) is 34.6 Å². The first-order chi connectivity index (χ1) is 14.9. The van der Waals surface area contributed by atoms with Crippen LogP contribution in [-0.4, -0.2) is 51.5 Å². The number of hydrogen-bond acceptors (Lipinski definition) is 7. The van der Waals surface area contributed by atoms with E-state index >= 15 is 0 Å². The minimum atomic E-state index is -1.04. The molecule has 0 saturated carbocycles. The van der Waals surface area contributed by atoms with Gasteiger partial charge in [-0.15, -0.1) is 0 Å². The number of amidine groups is 1. The molecular weight excluding hydrogens is 422 g/mol. The predicted octanol–water partition coefficient (Wildman–Crippen LogP) is 3.09. The Balaban J connectivity index is 1.44. The number of nitrogens with zero attached hydrogens (tertiary/aromatic N) is 2. The average molecular weight is 441 g/mol. The van der Waals surface area contributed by atoms with Crippen LogP contribution in [0.5, 0.6) is 11.5 Å². The predicted molar refractivity (Wildman–Crippen MR) is 115 cm³/mol. The Hall–Kier alpha value is -3.53. The second kappa shape index (κ2) is 8.68. The number of hydrogen-bond donors (Lipinski definition) is 2. The Morgan fingerprint density at radius 1 is 1.19 bits per heavy atom. The zero-order valence-electron chi connectivity index (χ0n) is 16.5. The highest BCUT2D eigenvalue weighted by atomic mass is 32.2. The van der Waals surface area contributed by atoms with Crippen LogP contribution in [0.4, 0.5) is 11.4 Å². The Morgan fingerprint density at radius 3 is 2.65 bits per heavy atom. The van der Waals surface area contributed by atoms with Crippen LogP contribution in [0.1, 0.15) is 23.7 Å². The quantitative estimate of drug-likeness (QED) is 0.707. The topological polar surface area (TPSA) is 118 Å². The molecule has 2 heterocycles. The van der Waals surface area contributed by atoms with Crippen LogP contribution in [0.15, 0.2) is 47.5 Å². The molecular formula is C21H19N3O6S. The summed E-state index contributed by atoms with van der Waals surface area (Å²) in [5.74, 6) is -0.307. The molecule has 2 aromatic rings. The van der Waals surface area contributed by atoms with Crippen molar-refractivity contribution in [1.82, 2.24) is 4.90 Å². The van der Waals surface area contributed by atoms with E-state index < -0.39 is 11.2 Å². The number of benzene rings is 2. The Kier molecular flexibility index (Phi) is 5.81. The number of carboxylic acid groups (broad SMARTS) is 1. The average Bonchev–Trinajstić information content (AvgIpc) is 3.32. The van der Waals surface area contributed by atoms with Gasteiger partial charge in [0.15, 0.2) is 16.7 Å². The van der Waals surface area contributed by atoms with Crippen LogP contribution in [0.3, 0.4) is 0 Å². The summed E-state index contributed by atoms with van der Waals surface area (Å²) in [4.78, 5) is 42.2. The maximum Gasteiger partial charge on any atom is 0.335 e. The monoisotopic (exact) mass is 441 g/mol. The third-order valence-corrected chi connectivity index (χ3v) is 5.88. The van der Waals surface area contributed by atoms with Crippen molar-refractivity contribution in [2.24, 2.45) is 4.99 Å². The number of rotatable bonds is 6. The first kappa shape index (κ1) is 20.7. The standard InChI is InChI=1S/C21H19N3O6S/c1-2-24-19(26)17(10-18(25)22-13-5-3-12(4-6-13)20(27)28)31-21(24)23-14-7-8-15-16(9-14)30-11-29-15/h3-9,17H,2,10-11H2,1H3,(H,22,25)(H,27,28)/t17-/m0/s1. The van der Waals surface area contributed by atoms with Crippen molar-refractivity contribution in [3.05, 3.63) is 48.0 Å². The van der Waals surface area contributed by atoms with Crippen molar-refractivity contribution in [1.29, 1.82) is 0 Å². The van der Waals surface area contributed by atoms with Crippen molar-refractivity contribution in [2.75, 3.05) is 18.7 Å². The van der Waals surface area contributed by atoms with Gasteiger partial charge >= 0.3 is 5.97 Å². The molecule has 0 aliphatic carbocycles. The largest absolute Gasteiger partial charge is 0.478 e. The van der Waals surface area contributed by atoms with Gasteiger partial charge in [0.05, 0.1) is 11.3 Å². The van der Waals surface area contributed by atoms with E-state index in [0.717, 1.165) is 0 Å². The molecule has 0 spiro atoms. The first-order valence-corrected chi connectivity index (χ1v) is 10.4. The second-order valence-electron chi connectivity index (χ2n) is 6.76. The highest BCUT2D eigenvalue weighted by molar-refractivity contribution is 8.15. The van der Waals surface area contributed by atoms with Gasteiger partial charge in [-0.2, -0.15) is 0 Å². The number of aliphatic imine (C=N–C) groups is 1. The molecule has 2 aliphatic rings. The fourth-order valence-electron chi connectivity index (χ4n) is 3.16. The summed E-state index contributed by atoms with van der Waals surface area (Å²) in [6.45, 7) is 2.45. The molecule has 1 saturated heterocycles. The van der Waals surface area contributed by atoms with Gasteiger partial charge in [-0.3, -0.25) is 14.5 Å². The van der Waals surface area contributed by atoms with Gasteiger partial charge in [0.2, 0.25) is 18.6 Å². The molecule has 2 N–H and O–H groups in total. The van der Waals surface area contributed by atoms with Crippen molar-refractivity contribution >= 4 is 46.1 Å². The van der Waals surface area contributed by atoms with Crippen LogP contribution >= 0.6 is 11.8 Å². The van der Waals surface area contributed by atoms with Crippen LogP contribution in [0.2, 0.25) is 0 Å². The number of carboxylic acids is 1. The molecule has 0 unspecified atom stereocenters. The van der Waals surface area contributed by atoms with Gasteiger partial charge in [0, 0.05) is 24.7 Å². The van der Waals surface area contributed by atoms with E-state index in [-0.39, 0.29) is 30.6 Å². The normalized spacial score (nSPS) is 18.5.